The molecule has 72 valence electrons. The maximum absolute atomic E-state index is 7.20. The molecule has 0 amide bonds. The van der Waals surface area contributed by atoms with Crippen LogP contribution in [0, 0.1) is 5.41 Å². The van der Waals surface area contributed by atoms with Crippen LogP contribution in [0.2, 0.25) is 0 Å². The van der Waals surface area contributed by atoms with Crippen molar-refractivity contribution in [3.05, 3.63) is 30.1 Å². The number of nitrogens with two attached hydrogens (primary N) is 1. The molecule has 14 heavy (non-hydrogen) atoms. The highest BCUT2D eigenvalue weighted by atomic mass is 15.0. The molecule has 0 radical (unpaired) electrons. The molecule has 0 aliphatic rings. The van der Waals surface area contributed by atoms with E-state index in [0.29, 0.717) is 6.42 Å². The van der Waals surface area contributed by atoms with Gasteiger partial charge >= 0.3 is 0 Å². The number of imidazole rings is 1. The molecule has 0 saturated carbocycles. The Hall–Kier alpha value is -1.84. The number of aromatic nitrogens is 2. The van der Waals surface area contributed by atoms with Gasteiger partial charge in [0, 0.05) is 13.5 Å². The number of benzene rings is 1. The van der Waals surface area contributed by atoms with Crippen LogP contribution in [0.25, 0.3) is 11.0 Å². The number of nitrogens with zero attached hydrogens (tertiary/aromatic N) is 2. The van der Waals surface area contributed by atoms with Crippen molar-refractivity contribution >= 4 is 16.9 Å². The molecule has 0 saturated heterocycles. The van der Waals surface area contributed by atoms with E-state index in [1.807, 2.05) is 29.8 Å². The fourth-order valence-electron chi connectivity index (χ4n) is 1.51. The van der Waals surface area contributed by atoms with E-state index in [1.165, 1.54) is 0 Å². The van der Waals surface area contributed by atoms with Gasteiger partial charge in [0.1, 0.15) is 0 Å². The zero-order chi connectivity index (χ0) is 10.1. The van der Waals surface area contributed by atoms with Crippen molar-refractivity contribution in [1.29, 1.82) is 5.41 Å². The average molecular weight is 188 g/mol. The zero-order valence-corrected chi connectivity index (χ0v) is 7.99. The first kappa shape index (κ1) is 8.74. The first-order valence-corrected chi connectivity index (χ1v) is 4.39. The molecule has 0 fully saturated rings. The van der Waals surface area contributed by atoms with Crippen molar-refractivity contribution in [2.24, 2.45) is 12.8 Å². The smallest absolute Gasteiger partial charge is 0.0955 e. The van der Waals surface area contributed by atoms with Gasteiger partial charge in [0.25, 0.3) is 0 Å². The maximum atomic E-state index is 7.20. The molecular formula is C10H12N4. The second-order valence-electron chi connectivity index (χ2n) is 3.38. The lowest BCUT2D eigenvalue weighted by atomic mass is 10.1. The summed E-state index contributed by atoms with van der Waals surface area (Å²) in [6.07, 6.45) is 2.27. The molecule has 2 aromatic rings. The van der Waals surface area contributed by atoms with Crippen molar-refractivity contribution in [2.75, 3.05) is 0 Å². The van der Waals surface area contributed by atoms with Crippen LogP contribution >= 0.6 is 0 Å². The van der Waals surface area contributed by atoms with E-state index in [9.17, 15) is 0 Å². The van der Waals surface area contributed by atoms with Crippen LogP contribution in [0.15, 0.2) is 24.5 Å². The van der Waals surface area contributed by atoms with Crippen molar-refractivity contribution in [2.45, 2.75) is 6.42 Å². The number of fused-ring (bicyclic) bond motifs is 1. The number of nitrogens with one attached hydrogen (secondary N) is 1. The normalized spacial score (nSPS) is 10.6. The highest BCUT2D eigenvalue weighted by Crippen LogP contribution is 2.13. The summed E-state index contributed by atoms with van der Waals surface area (Å²) < 4.78 is 1.97. The molecule has 0 spiro atoms. The first-order valence-electron chi connectivity index (χ1n) is 4.39. The highest BCUT2D eigenvalue weighted by molar-refractivity contribution is 5.82. The van der Waals surface area contributed by atoms with E-state index in [0.717, 1.165) is 16.6 Å². The lowest BCUT2D eigenvalue weighted by Crippen LogP contribution is -2.12. The third kappa shape index (κ3) is 1.46. The molecule has 3 N–H and O–H groups in total. The predicted molar refractivity (Wildman–Crippen MR) is 56.3 cm³/mol. The third-order valence-electron chi connectivity index (χ3n) is 2.18. The van der Waals surface area contributed by atoms with Crippen LogP contribution < -0.4 is 5.73 Å². The number of aryl methyl sites for hydroxylation is 1. The summed E-state index contributed by atoms with van der Waals surface area (Å²) in [6, 6.07) is 5.95. The van der Waals surface area contributed by atoms with Gasteiger partial charge in [-0.05, 0) is 17.7 Å². The Balaban J connectivity index is 2.46. The van der Waals surface area contributed by atoms with Gasteiger partial charge in [0.2, 0.25) is 0 Å². The molecular weight excluding hydrogens is 176 g/mol. The molecule has 1 heterocycles. The molecule has 1 aromatic heterocycles. The number of amidine groups is 1. The van der Waals surface area contributed by atoms with Crippen molar-refractivity contribution < 1.29 is 0 Å². The van der Waals surface area contributed by atoms with Crippen LogP contribution in [0.4, 0.5) is 0 Å². The van der Waals surface area contributed by atoms with E-state index in [4.69, 9.17) is 11.1 Å². The minimum absolute atomic E-state index is 0.181. The second kappa shape index (κ2) is 3.14. The van der Waals surface area contributed by atoms with Gasteiger partial charge in [-0.1, -0.05) is 6.07 Å². The van der Waals surface area contributed by atoms with Crippen LogP contribution in [0.1, 0.15) is 5.56 Å². The minimum Gasteiger partial charge on any atom is -0.387 e. The standard InChI is InChI=1S/C10H12N4/c1-14-6-13-8-4-7(5-10(11)12)2-3-9(8)14/h2-4,6H,5H2,1H3,(H3,11,12). The molecule has 0 bridgehead atoms. The Kier molecular flexibility index (Phi) is 1.96. The maximum Gasteiger partial charge on any atom is 0.0955 e. The van der Waals surface area contributed by atoms with Gasteiger partial charge in [0.05, 0.1) is 23.2 Å². The highest BCUT2D eigenvalue weighted by Gasteiger charge is 2.01. The quantitative estimate of drug-likeness (QED) is 0.546. The molecule has 1 aromatic carbocycles. The van der Waals surface area contributed by atoms with Gasteiger partial charge in [-0.2, -0.15) is 0 Å². The van der Waals surface area contributed by atoms with E-state index in [-0.39, 0.29) is 5.84 Å². The summed E-state index contributed by atoms with van der Waals surface area (Å²) in [4.78, 5) is 4.24. The Morgan fingerprint density at radius 3 is 3.07 bits per heavy atom. The van der Waals surface area contributed by atoms with Crippen molar-refractivity contribution in [1.82, 2.24) is 9.55 Å². The van der Waals surface area contributed by atoms with Gasteiger partial charge in [0.15, 0.2) is 0 Å². The molecule has 4 nitrogen and oxygen atoms in total. The molecule has 0 unspecified atom stereocenters. The topological polar surface area (TPSA) is 67.7 Å². The summed E-state index contributed by atoms with van der Waals surface area (Å²) >= 11 is 0. The zero-order valence-electron chi connectivity index (χ0n) is 7.99. The lowest BCUT2D eigenvalue weighted by molar-refractivity contribution is 0.947. The van der Waals surface area contributed by atoms with Crippen LogP contribution in [-0.2, 0) is 13.5 Å². The fourth-order valence-corrected chi connectivity index (χ4v) is 1.51. The van der Waals surface area contributed by atoms with Crippen LogP contribution in [0.5, 0.6) is 0 Å². The number of rotatable bonds is 2. The number of hydrogen-bond acceptors (Lipinski definition) is 2. The summed E-state index contributed by atoms with van der Waals surface area (Å²) in [7, 11) is 1.96. The van der Waals surface area contributed by atoms with Gasteiger partial charge in [-0.15, -0.1) is 0 Å². The van der Waals surface area contributed by atoms with E-state index in [1.54, 1.807) is 6.33 Å². The predicted octanol–water partition coefficient (Wildman–Crippen LogP) is 1.05. The minimum atomic E-state index is 0.181. The summed E-state index contributed by atoms with van der Waals surface area (Å²) in [5, 5.41) is 7.20. The molecule has 0 aliphatic carbocycles. The average Bonchev–Trinajstić information content (AvgIpc) is 2.46. The van der Waals surface area contributed by atoms with Gasteiger partial charge in [-0.3, -0.25) is 5.41 Å². The Morgan fingerprint density at radius 1 is 1.57 bits per heavy atom. The van der Waals surface area contributed by atoms with Crippen LogP contribution in [-0.4, -0.2) is 15.4 Å². The van der Waals surface area contributed by atoms with Crippen molar-refractivity contribution in [3.8, 4) is 0 Å². The Bertz CT molecular complexity index is 484. The van der Waals surface area contributed by atoms with Crippen LogP contribution in [0.3, 0.4) is 0 Å². The summed E-state index contributed by atoms with van der Waals surface area (Å²) in [5.74, 6) is 0.181. The summed E-state index contributed by atoms with van der Waals surface area (Å²) in [6.45, 7) is 0. The van der Waals surface area contributed by atoms with E-state index in [2.05, 4.69) is 4.98 Å². The largest absolute Gasteiger partial charge is 0.387 e. The second-order valence-corrected chi connectivity index (χ2v) is 3.38. The monoisotopic (exact) mass is 188 g/mol. The first-order chi connectivity index (χ1) is 6.66. The van der Waals surface area contributed by atoms with E-state index < -0.39 is 0 Å². The molecule has 4 heteroatoms. The summed E-state index contributed by atoms with van der Waals surface area (Å²) in [5.41, 5.74) is 8.41. The number of hydrogen-bond donors (Lipinski definition) is 2. The van der Waals surface area contributed by atoms with E-state index >= 15 is 0 Å². The molecule has 0 atom stereocenters. The molecule has 2 rings (SSSR count). The third-order valence-corrected chi connectivity index (χ3v) is 2.18. The van der Waals surface area contributed by atoms with Gasteiger partial charge < -0.3 is 10.3 Å². The van der Waals surface area contributed by atoms with Gasteiger partial charge in [-0.25, -0.2) is 4.98 Å². The van der Waals surface area contributed by atoms with Crippen molar-refractivity contribution in [3.63, 3.8) is 0 Å². The fraction of sp³-hybridized carbons (Fsp3) is 0.200. The molecule has 0 aliphatic heterocycles. The lowest BCUT2D eigenvalue weighted by Gasteiger charge is -1.99. The Morgan fingerprint density at radius 2 is 2.36 bits per heavy atom. The Labute approximate surface area is 81.9 Å². The SMILES string of the molecule is Cn1cnc2cc(CC(=N)N)ccc21.